The van der Waals surface area contributed by atoms with Crippen molar-refractivity contribution >= 4 is 17.8 Å². The maximum atomic E-state index is 12.7. The summed E-state index contributed by atoms with van der Waals surface area (Å²) >= 11 is 0. The Kier molecular flexibility index (Phi) is 7.88. The summed E-state index contributed by atoms with van der Waals surface area (Å²) in [6, 6.07) is 9.83. The molecular formula is C20H22F3N3O3. The zero-order chi connectivity index (χ0) is 21.3. The average Bonchev–Trinajstić information content (AvgIpc) is 2.68. The number of hydrazone groups is 1. The maximum Gasteiger partial charge on any atom is 0.416 e. The number of hydrogen-bond donors (Lipinski definition) is 2. The molecule has 0 saturated heterocycles. The van der Waals surface area contributed by atoms with Crippen LogP contribution in [0.5, 0.6) is 11.5 Å². The Morgan fingerprint density at radius 3 is 2.55 bits per heavy atom. The van der Waals surface area contributed by atoms with E-state index in [1.807, 2.05) is 13.8 Å². The molecule has 0 fully saturated rings. The SMILES string of the molecule is CCOc1ccc(/C=N\NC(=O)CNc2cccc(C(F)(F)F)c2)c(OCC)c1. The van der Waals surface area contributed by atoms with Gasteiger partial charge in [-0.2, -0.15) is 18.3 Å². The second kappa shape index (κ2) is 10.4. The third-order valence-corrected chi connectivity index (χ3v) is 3.63. The van der Waals surface area contributed by atoms with Gasteiger partial charge in [-0.1, -0.05) is 6.07 Å². The van der Waals surface area contributed by atoms with E-state index in [9.17, 15) is 18.0 Å². The van der Waals surface area contributed by atoms with Crippen LogP contribution in [-0.2, 0) is 11.0 Å². The summed E-state index contributed by atoms with van der Waals surface area (Å²) in [4.78, 5) is 11.9. The topological polar surface area (TPSA) is 72.0 Å². The van der Waals surface area contributed by atoms with Gasteiger partial charge in [-0.3, -0.25) is 4.79 Å². The van der Waals surface area contributed by atoms with Gasteiger partial charge in [0.2, 0.25) is 0 Å². The minimum Gasteiger partial charge on any atom is -0.494 e. The fourth-order valence-corrected chi connectivity index (χ4v) is 2.36. The highest BCUT2D eigenvalue weighted by Crippen LogP contribution is 2.30. The summed E-state index contributed by atoms with van der Waals surface area (Å²) in [6.07, 6.45) is -3.02. The molecule has 0 bridgehead atoms. The molecule has 156 valence electrons. The van der Waals surface area contributed by atoms with E-state index in [0.29, 0.717) is 30.3 Å². The van der Waals surface area contributed by atoms with E-state index < -0.39 is 17.6 Å². The normalized spacial score (nSPS) is 11.3. The van der Waals surface area contributed by atoms with Gasteiger partial charge < -0.3 is 14.8 Å². The van der Waals surface area contributed by atoms with E-state index in [0.717, 1.165) is 12.1 Å². The van der Waals surface area contributed by atoms with Crippen molar-refractivity contribution in [3.05, 3.63) is 53.6 Å². The quantitative estimate of drug-likeness (QED) is 0.484. The summed E-state index contributed by atoms with van der Waals surface area (Å²) in [5.74, 6) is 0.698. The van der Waals surface area contributed by atoms with Crippen LogP contribution < -0.4 is 20.2 Å². The molecule has 2 N–H and O–H groups in total. The van der Waals surface area contributed by atoms with E-state index in [-0.39, 0.29) is 12.2 Å². The molecule has 2 aromatic rings. The second-order valence-corrected chi connectivity index (χ2v) is 5.79. The lowest BCUT2D eigenvalue weighted by molar-refractivity contribution is -0.137. The van der Waals surface area contributed by atoms with Crippen molar-refractivity contribution < 1.29 is 27.4 Å². The van der Waals surface area contributed by atoms with Crippen LogP contribution in [0.2, 0.25) is 0 Å². The number of alkyl halides is 3. The molecular weight excluding hydrogens is 387 g/mol. The fourth-order valence-electron chi connectivity index (χ4n) is 2.36. The van der Waals surface area contributed by atoms with Crippen LogP contribution in [-0.4, -0.2) is 31.9 Å². The molecule has 0 aliphatic carbocycles. The molecule has 9 heteroatoms. The van der Waals surface area contributed by atoms with Gasteiger partial charge in [-0.25, -0.2) is 5.43 Å². The van der Waals surface area contributed by atoms with Crippen molar-refractivity contribution in [1.82, 2.24) is 5.43 Å². The third-order valence-electron chi connectivity index (χ3n) is 3.63. The minimum absolute atomic E-state index is 0.184. The first-order valence-corrected chi connectivity index (χ1v) is 8.96. The van der Waals surface area contributed by atoms with Crippen LogP contribution in [0.3, 0.4) is 0 Å². The Morgan fingerprint density at radius 2 is 1.86 bits per heavy atom. The first-order chi connectivity index (χ1) is 13.8. The Labute approximate surface area is 166 Å². The number of nitrogens with zero attached hydrogens (tertiary/aromatic N) is 1. The number of carbonyl (C=O) groups is 1. The molecule has 0 unspecified atom stereocenters. The number of anilines is 1. The number of benzene rings is 2. The van der Waals surface area contributed by atoms with E-state index in [2.05, 4.69) is 15.8 Å². The van der Waals surface area contributed by atoms with Crippen LogP contribution in [0.1, 0.15) is 25.0 Å². The first kappa shape index (κ1) is 22.1. The summed E-state index contributed by atoms with van der Waals surface area (Å²) in [5.41, 5.74) is 2.35. The lowest BCUT2D eigenvalue weighted by Crippen LogP contribution is -2.26. The summed E-state index contributed by atoms with van der Waals surface area (Å²) < 4.78 is 49.1. The van der Waals surface area contributed by atoms with Crippen LogP contribution in [0.4, 0.5) is 18.9 Å². The third kappa shape index (κ3) is 7.02. The maximum absolute atomic E-state index is 12.7. The molecule has 0 aliphatic rings. The molecule has 2 aromatic carbocycles. The van der Waals surface area contributed by atoms with E-state index in [1.165, 1.54) is 18.3 Å². The summed E-state index contributed by atoms with van der Waals surface area (Å²) in [6.45, 7) is 4.45. The molecule has 0 aliphatic heterocycles. The van der Waals surface area contributed by atoms with Gasteiger partial charge in [0.15, 0.2) is 0 Å². The van der Waals surface area contributed by atoms with Crippen molar-refractivity contribution in [3.63, 3.8) is 0 Å². The van der Waals surface area contributed by atoms with Crippen molar-refractivity contribution in [2.24, 2.45) is 5.10 Å². The van der Waals surface area contributed by atoms with Gasteiger partial charge in [-0.05, 0) is 44.2 Å². The number of hydrogen-bond acceptors (Lipinski definition) is 5. The van der Waals surface area contributed by atoms with Gasteiger partial charge in [0.05, 0.1) is 31.5 Å². The molecule has 0 saturated carbocycles. The monoisotopic (exact) mass is 409 g/mol. The van der Waals surface area contributed by atoms with Crippen LogP contribution in [0, 0.1) is 0 Å². The molecule has 0 radical (unpaired) electrons. The van der Waals surface area contributed by atoms with Crippen molar-refractivity contribution in [2.75, 3.05) is 25.1 Å². The first-order valence-electron chi connectivity index (χ1n) is 8.96. The largest absolute Gasteiger partial charge is 0.494 e. The Morgan fingerprint density at radius 1 is 1.10 bits per heavy atom. The van der Waals surface area contributed by atoms with E-state index in [1.54, 1.807) is 18.2 Å². The fraction of sp³-hybridized carbons (Fsp3) is 0.300. The van der Waals surface area contributed by atoms with E-state index in [4.69, 9.17) is 9.47 Å². The number of amides is 1. The molecule has 0 heterocycles. The lowest BCUT2D eigenvalue weighted by atomic mass is 10.2. The van der Waals surface area contributed by atoms with Gasteiger partial charge in [0.1, 0.15) is 11.5 Å². The van der Waals surface area contributed by atoms with Crippen molar-refractivity contribution in [2.45, 2.75) is 20.0 Å². The van der Waals surface area contributed by atoms with Crippen LogP contribution in [0.25, 0.3) is 0 Å². The predicted molar refractivity (Wildman–Crippen MR) is 104 cm³/mol. The second-order valence-electron chi connectivity index (χ2n) is 5.79. The van der Waals surface area contributed by atoms with Gasteiger partial charge in [-0.15, -0.1) is 0 Å². The van der Waals surface area contributed by atoms with E-state index >= 15 is 0 Å². The molecule has 0 spiro atoms. The smallest absolute Gasteiger partial charge is 0.416 e. The highest BCUT2D eigenvalue weighted by molar-refractivity contribution is 5.86. The molecule has 1 amide bonds. The van der Waals surface area contributed by atoms with Crippen LogP contribution in [0.15, 0.2) is 47.6 Å². The molecule has 0 aromatic heterocycles. The number of carbonyl (C=O) groups excluding carboxylic acids is 1. The van der Waals surface area contributed by atoms with Gasteiger partial charge in [0.25, 0.3) is 5.91 Å². The summed E-state index contributed by atoms with van der Waals surface area (Å²) in [5, 5.41) is 6.50. The zero-order valence-electron chi connectivity index (χ0n) is 16.0. The molecule has 29 heavy (non-hydrogen) atoms. The average molecular weight is 409 g/mol. The molecule has 2 rings (SSSR count). The Bertz CT molecular complexity index is 854. The predicted octanol–water partition coefficient (Wildman–Crippen LogP) is 4.07. The molecule has 0 atom stereocenters. The lowest BCUT2D eigenvalue weighted by Gasteiger charge is -2.10. The molecule has 6 nitrogen and oxygen atoms in total. The Balaban J connectivity index is 1.93. The van der Waals surface area contributed by atoms with Crippen LogP contribution >= 0.6 is 0 Å². The van der Waals surface area contributed by atoms with Gasteiger partial charge >= 0.3 is 6.18 Å². The summed E-state index contributed by atoms with van der Waals surface area (Å²) in [7, 11) is 0. The number of halogens is 3. The zero-order valence-corrected chi connectivity index (χ0v) is 16.0. The highest BCUT2D eigenvalue weighted by Gasteiger charge is 2.30. The number of ether oxygens (including phenoxy) is 2. The Hall–Kier alpha value is -3.23. The van der Waals surface area contributed by atoms with Crippen molar-refractivity contribution in [1.29, 1.82) is 0 Å². The minimum atomic E-state index is -4.44. The van der Waals surface area contributed by atoms with Gasteiger partial charge in [0, 0.05) is 17.3 Å². The number of rotatable bonds is 9. The number of nitrogens with one attached hydrogen (secondary N) is 2. The standard InChI is InChI=1S/C20H22F3N3O3/c1-3-28-17-9-8-14(18(11-17)29-4-2)12-25-26-19(27)13-24-16-7-5-6-15(10-16)20(21,22)23/h5-12,24H,3-4,13H2,1-2H3,(H,26,27)/b25-12-. The van der Waals surface area contributed by atoms with Crippen molar-refractivity contribution in [3.8, 4) is 11.5 Å². The highest BCUT2D eigenvalue weighted by atomic mass is 19.4.